The Hall–Kier alpha value is -3.55. The molecule has 2 fully saturated rings. The summed E-state index contributed by atoms with van der Waals surface area (Å²) in [5.41, 5.74) is -0.386. The van der Waals surface area contributed by atoms with Crippen LogP contribution in [-0.4, -0.2) is 90.4 Å². The van der Waals surface area contributed by atoms with E-state index in [9.17, 15) is 24.3 Å². The van der Waals surface area contributed by atoms with E-state index in [1.54, 1.807) is 67.6 Å². The van der Waals surface area contributed by atoms with E-state index in [0.29, 0.717) is 27.2 Å². The number of rotatable bonds is 6. The van der Waals surface area contributed by atoms with Crippen molar-refractivity contribution in [1.29, 1.82) is 0 Å². The van der Waals surface area contributed by atoms with Crippen LogP contribution in [0.2, 0.25) is 5.02 Å². The fraction of sp³-hybridized carbons (Fsp3) is 0.429. The molecule has 13 heteroatoms. The second-order valence-electron chi connectivity index (χ2n) is 12.4. The standard InChI is InChI=1S/C35H37BrClN3O8/c1-20(18-41)40-31-33(44)39(23-14-12-22(37)13-15-23)16-8-4-7-11-26(42)38-25(19-46-2)29(21-9-5-3-6-10-21)47-34(45)27-28(32(40)43)35(31)17-24(36)30(27)48-35/h3-6,8-10,12-15,17,20,25,27-31,41H,7,11,16,18-19H2,1-2H3,(H,38,42)/b8-4-/t20-,25+,27-,28+,29+,30-,31-,35+/m1/s1. The number of ether oxygens (including phenoxy) is 3. The van der Waals surface area contributed by atoms with Gasteiger partial charge in [-0.15, -0.1) is 0 Å². The number of fused-ring (bicyclic) bond motifs is 2. The Morgan fingerprint density at radius 1 is 1.06 bits per heavy atom. The molecular weight excluding hydrogens is 706 g/mol. The Balaban J connectivity index is 1.49. The highest BCUT2D eigenvalue weighted by molar-refractivity contribution is 9.11. The first-order valence-electron chi connectivity index (χ1n) is 15.9. The molecule has 2 aromatic rings. The van der Waals surface area contributed by atoms with Gasteiger partial charge in [0.05, 0.1) is 31.2 Å². The third-order valence-electron chi connectivity index (χ3n) is 9.44. The lowest BCUT2D eigenvalue weighted by atomic mass is 9.74. The zero-order chi connectivity index (χ0) is 34.2. The van der Waals surface area contributed by atoms with E-state index in [0.717, 1.165) is 0 Å². The summed E-state index contributed by atoms with van der Waals surface area (Å²) >= 11 is 9.74. The predicted octanol–water partition coefficient (Wildman–Crippen LogP) is 3.69. The van der Waals surface area contributed by atoms with Gasteiger partial charge >= 0.3 is 5.97 Å². The lowest BCUT2D eigenvalue weighted by Gasteiger charge is -2.37. The van der Waals surface area contributed by atoms with Crippen LogP contribution in [0.1, 0.15) is 31.4 Å². The van der Waals surface area contributed by atoms with E-state index in [2.05, 4.69) is 21.2 Å². The summed E-state index contributed by atoms with van der Waals surface area (Å²) in [5.74, 6) is -4.21. The molecule has 254 valence electrons. The highest BCUT2D eigenvalue weighted by Crippen LogP contribution is 2.59. The van der Waals surface area contributed by atoms with E-state index in [1.807, 2.05) is 12.1 Å². The van der Waals surface area contributed by atoms with E-state index in [1.165, 1.54) is 16.9 Å². The van der Waals surface area contributed by atoms with Crippen molar-refractivity contribution in [3.8, 4) is 0 Å². The number of amides is 3. The molecule has 0 unspecified atom stereocenters. The largest absolute Gasteiger partial charge is 0.455 e. The molecule has 1 spiro atoms. The van der Waals surface area contributed by atoms with Crippen LogP contribution in [0.3, 0.4) is 0 Å². The molecule has 0 radical (unpaired) electrons. The first-order chi connectivity index (χ1) is 23.1. The van der Waals surface area contributed by atoms with Crippen LogP contribution < -0.4 is 10.2 Å². The molecule has 2 N–H and O–H groups in total. The molecule has 5 bridgehead atoms. The van der Waals surface area contributed by atoms with Crippen LogP contribution >= 0.6 is 27.5 Å². The molecule has 48 heavy (non-hydrogen) atoms. The van der Waals surface area contributed by atoms with E-state index < -0.39 is 72.2 Å². The minimum Gasteiger partial charge on any atom is -0.455 e. The summed E-state index contributed by atoms with van der Waals surface area (Å²) in [4.78, 5) is 59.8. The van der Waals surface area contributed by atoms with Crippen molar-refractivity contribution in [3.63, 3.8) is 0 Å². The zero-order valence-corrected chi connectivity index (χ0v) is 28.8. The number of carbonyl (C=O) groups is 4. The Bertz CT molecular complexity index is 1620. The number of hydrogen-bond acceptors (Lipinski definition) is 8. The molecule has 4 aliphatic heterocycles. The molecule has 11 nitrogen and oxygen atoms in total. The molecule has 6 rings (SSSR count). The van der Waals surface area contributed by atoms with Gasteiger partial charge in [-0.1, -0.05) is 70.0 Å². The maximum absolute atomic E-state index is 14.8. The van der Waals surface area contributed by atoms with Crippen molar-refractivity contribution >= 4 is 56.9 Å². The summed E-state index contributed by atoms with van der Waals surface area (Å²) in [6.45, 7) is 1.38. The summed E-state index contributed by atoms with van der Waals surface area (Å²) < 4.78 is 18.8. The van der Waals surface area contributed by atoms with Crippen LogP contribution in [-0.2, 0) is 33.4 Å². The number of cyclic esters (lactones) is 1. The van der Waals surface area contributed by atoms with Crippen LogP contribution in [0.5, 0.6) is 0 Å². The van der Waals surface area contributed by atoms with Gasteiger partial charge < -0.3 is 34.4 Å². The number of benzene rings is 2. The average Bonchev–Trinajstić information content (AvgIpc) is 3.68. The molecule has 2 aromatic carbocycles. The van der Waals surface area contributed by atoms with Crippen molar-refractivity contribution in [3.05, 3.63) is 87.9 Å². The van der Waals surface area contributed by atoms with Gasteiger partial charge in [0.1, 0.15) is 29.8 Å². The van der Waals surface area contributed by atoms with Gasteiger partial charge in [-0.2, -0.15) is 0 Å². The molecule has 0 aromatic heterocycles. The number of methoxy groups -OCH3 is 1. The molecule has 3 amide bonds. The second kappa shape index (κ2) is 14.1. The monoisotopic (exact) mass is 741 g/mol. The number of nitrogens with zero attached hydrogens (tertiary/aromatic N) is 2. The second-order valence-corrected chi connectivity index (χ2v) is 13.8. The van der Waals surface area contributed by atoms with Crippen LogP contribution in [0.4, 0.5) is 5.69 Å². The van der Waals surface area contributed by atoms with Crippen molar-refractivity contribution in [2.24, 2.45) is 11.8 Å². The Morgan fingerprint density at radius 3 is 2.48 bits per heavy atom. The molecule has 4 heterocycles. The van der Waals surface area contributed by atoms with Crippen LogP contribution in [0.25, 0.3) is 0 Å². The molecule has 8 atom stereocenters. The van der Waals surface area contributed by atoms with Crippen molar-refractivity contribution in [2.45, 2.75) is 55.7 Å². The number of hydrogen-bond donors (Lipinski definition) is 2. The van der Waals surface area contributed by atoms with Gasteiger partial charge in [-0.3, -0.25) is 19.2 Å². The van der Waals surface area contributed by atoms with Crippen molar-refractivity contribution in [1.82, 2.24) is 10.2 Å². The number of likely N-dealkylation sites (tertiary alicyclic amines) is 1. The molecule has 0 aliphatic carbocycles. The number of halogens is 2. The summed E-state index contributed by atoms with van der Waals surface area (Å²) in [6, 6.07) is 13.0. The fourth-order valence-corrected chi connectivity index (χ4v) is 8.13. The average molecular weight is 743 g/mol. The number of aliphatic hydroxyl groups excluding tert-OH is 1. The Labute approximate surface area is 292 Å². The zero-order valence-electron chi connectivity index (χ0n) is 26.5. The van der Waals surface area contributed by atoms with Gasteiger partial charge in [0.15, 0.2) is 0 Å². The number of anilines is 1. The maximum atomic E-state index is 14.8. The highest BCUT2D eigenvalue weighted by atomic mass is 79.9. The van der Waals surface area contributed by atoms with Gasteiger partial charge in [0.25, 0.3) is 5.91 Å². The summed E-state index contributed by atoms with van der Waals surface area (Å²) in [5, 5.41) is 13.8. The highest BCUT2D eigenvalue weighted by Gasteiger charge is 2.75. The minimum absolute atomic E-state index is 0.0450. The number of carbonyl (C=O) groups excluding carboxylic acids is 4. The quantitative estimate of drug-likeness (QED) is 0.338. The van der Waals surface area contributed by atoms with Crippen molar-refractivity contribution < 1.29 is 38.5 Å². The lowest BCUT2D eigenvalue weighted by Crippen LogP contribution is -2.58. The molecular formula is C35H37BrClN3O8. The van der Waals surface area contributed by atoms with Crippen LogP contribution in [0.15, 0.2) is 77.3 Å². The Kier molecular flexibility index (Phi) is 10.1. The topological polar surface area (TPSA) is 135 Å². The summed E-state index contributed by atoms with van der Waals surface area (Å²) in [7, 11) is 1.49. The van der Waals surface area contributed by atoms with Crippen molar-refractivity contribution in [2.75, 3.05) is 31.8 Å². The van der Waals surface area contributed by atoms with Gasteiger partial charge in [0.2, 0.25) is 11.8 Å². The van der Waals surface area contributed by atoms with E-state index in [-0.39, 0.29) is 25.5 Å². The number of aliphatic hydroxyl groups is 1. The number of nitrogens with one attached hydrogen (secondary N) is 1. The van der Waals surface area contributed by atoms with E-state index >= 15 is 0 Å². The normalized spacial score (nSPS) is 32.1. The minimum atomic E-state index is -1.53. The van der Waals surface area contributed by atoms with Crippen LogP contribution in [0, 0.1) is 11.8 Å². The fourth-order valence-electron chi connectivity index (χ4n) is 7.26. The predicted molar refractivity (Wildman–Crippen MR) is 180 cm³/mol. The Morgan fingerprint density at radius 2 is 1.79 bits per heavy atom. The molecule has 2 saturated heterocycles. The molecule has 0 saturated carbocycles. The number of allylic oxidation sites excluding steroid dienone is 1. The maximum Gasteiger partial charge on any atom is 0.313 e. The van der Waals surface area contributed by atoms with Gasteiger partial charge in [0, 0.05) is 35.3 Å². The first-order valence-corrected chi connectivity index (χ1v) is 17.0. The van der Waals surface area contributed by atoms with E-state index in [4.69, 9.17) is 25.8 Å². The lowest BCUT2D eigenvalue weighted by molar-refractivity contribution is -0.162. The smallest absolute Gasteiger partial charge is 0.313 e. The SMILES string of the molecule is COC[C@@H]1NC(=O)CC/C=C\CN(c2ccc(Cl)cc2)C(=O)[C@H]2N([C@H](C)CO)C(=O)[C@@H]3[C@@H](C(=O)O[C@H]1c1ccccc1)[C@@H]1O[C@@]32C=C1Br. The number of esters is 1. The third-order valence-corrected chi connectivity index (χ3v) is 10.4. The summed E-state index contributed by atoms with van der Waals surface area (Å²) in [6.07, 6.45) is 3.96. The third kappa shape index (κ3) is 6.09. The van der Waals surface area contributed by atoms with Gasteiger partial charge in [-0.25, -0.2) is 0 Å². The molecule has 4 aliphatic rings. The van der Waals surface area contributed by atoms with Gasteiger partial charge in [-0.05, 0) is 49.2 Å². The first kappa shape index (κ1) is 34.3.